The minimum Gasteiger partial charge on any atom is -0.496 e. The van der Waals surface area contributed by atoms with E-state index in [1.165, 1.54) is 11.1 Å². The van der Waals surface area contributed by atoms with Gasteiger partial charge in [-0.1, -0.05) is 12.1 Å². The van der Waals surface area contributed by atoms with Crippen LogP contribution in [0.15, 0.2) is 36.4 Å². The third-order valence-electron chi connectivity index (χ3n) is 4.78. The number of benzene rings is 2. The quantitative estimate of drug-likeness (QED) is 0.558. The van der Waals surface area contributed by atoms with Crippen LogP contribution < -0.4 is 14.2 Å². The van der Waals surface area contributed by atoms with E-state index in [1.807, 2.05) is 24.3 Å². The zero-order valence-corrected chi connectivity index (χ0v) is 20.7. The van der Waals surface area contributed by atoms with E-state index < -0.39 is 16.6 Å². The zero-order chi connectivity index (χ0) is 21.7. The fraction of sp³-hybridized carbons (Fsp3) is 0.455. The lowest BCUT2D eigenvalue weighted by Gasteiger charge is -2.34. The number of methoxy groups -OCH3 is 3. The SMILES string of the molecule is COc1ccc(C[Si](C)(C)O[Si](C)(C)Cc2ccc(OC)c(OC)c2)cc1CO. The van der Waals surface area contributed by atoms with E-state index in [1.54, 1.807) is 21.3 Å². The van der Waals surface area contributed by atoms with Crippen LogP contribution in [0.4, 0.5) is 0 Å². The standard InChI is InChI=1S/C22H34O5Si2/c1-24-20-10-8-17(12-19(20)14-23)15-28(4,5)27-29(6,7)16-18-9-11-21(25-2)22(13-18)26-3/h8-13,23H,14-16H2,1-7H3. The second-order valence-electron chi connectivity index (χ2n) is 8.47. The molecule has 2 aromatic rings. The van der Waals surface area contributed by atoms with Crippen molar-refractivity contribution in [2.45, 2.75) is 44.9 Å². The van der Waals surface area contributed by atoms with Crippen LogP contribution in [0, 0.1) is 0 Å². The van der Waals surface area contributed by atoms with Gasteiger partial charge in [-0.15, -0.1) is 0 Å². The predicted molar refractivity (Wildman–Crippen MR) is 122 cm³/mol. The van der Waals surface area contributed by atoms with Crippen LogP contribution in [0.3, 0.4) is 0 Å². The van der Waals surface area contributed by atoms with Crippen molar-refractivity contribution in [3.8, 4) is 17.2 Å². The van der Waals surface area contributed by atoms with Crippen molar-refractivity contribution < 1.29 is 23.4 Å². The van der Waals surface area contributed by atoms with Gasteiger partial charge >= 0.3 is 0 Å². The lowest BCUT2D eigenvalue weighted by molar-refractivity contribution is 0.273. The van der Waals surface area contributed by atoms with Gasteiger partial charge in [0, 0.05) is 5.56 Å². The van der Waals surface area contributed by atoms with E-state index >= 15 is 0 Å². The minimum absolute atomic E-state index is 0.0284. The highest BCUT2D eigenvalue weighted by molar-refractivity contribution is 6.84. The van der Waals surface area contributed by atoms with Crippen LogP contribution in [-0.4, -0.2) is 43.1 Å². The molecule has 0 aliphatic rings. The average Bonchev–Trinajstić information content (AvgIpc) is 2.65. The highest BCUT2D eigenvalue weighted by atomic mass is 28.4. The van der Waals surface area contributed by atoms with Crippen molar-refractivity contribution >= 4 is 16.6 Å². The van der Waals surface area contributed by atoms with Gasteiger partial charge in [-0.3, -0.25) is 0 Å². The van der Waals surface area contributed by atoms with Crippen LogP contribution in [0.5, 0.6) is 17.2 Å². The monoisotopic (exact) mass is 434 g/mol. The highest BCUT2D eigenvalue weighted by Gasteiger charge is 2.33. The van der Waals surface area contributed by atoms with Crippen molar-refractivity contribution in [1.29, 1.82) is 0 Å². The Kier molecular flexibility index (Phi) is 7.93. The molecular formula is C22H34O5Si2. The second-order valence-corrected chi connectivity index (χ2v) is 17.0. The first-order chi connectivity index (χ1) is 13.6. The van der Waals surface area contributed by atoms with Gasteiger partial charge in [0.05, 0.1) is 27.9 Å². The lowest BCUT2D eigenvalue weighted by atomic mass is 10.1. The Balaban J connectivity index is 2.11. The molecule has 0 amide bonds. The van der Waals surface area contributed by atoms with E-state index in [2.05, 4.69) is 38.3 Å². The molecule has 1 N–H and O–H groups in total. The Hall–Kier alpha value is -1.81. The summed E-state index contributed by atoms with van der Waals surface area (Å²) in [5.74, 6) is 2.21. The molecule has 0 fully saturated rings. The van der Waals surface area contributed by atoms with E-state index in [-0.39, 0.29) is 6.61 Å². The molecule has 160 valence electrons. The molecule has 0 spiro atoms. The first kappa shape index (κ1) is 23.5. The van der Waals surface area contributed by atoms with Crippen LogP contribution in [-0.2, 0) is 22.8 Å². The molecule has 0 saturated carbocycles. The highest BCUT2D eigenvalue weighted by Crippen LogP contribution is 2.30. The summed E-state index contributed by atoms with van der Waals surface area (Å²) in [6, 6.07) is 13.9. The summed E-state index contributed by atoms with van der Waals surface area (Å²) in [4.78, 5) is 0. The molecular weight excluding hydrogens is 400 g/mol. The number of aliphatic hydroxyl groups excluding tert-OH is 1. The van der Waals surface area contributed by atoms with Crippen molar-refractivity contribution in [3.05, 3.63) is 53.1 Å². The van der Waals surface area contributed by atoms with Crippen LogP contribution in [0.25, 0.3) is 0 Å². The number of aliphatic hydroxyl groups is 1. The fourth-order valence-corrected chi connectivity index (χ4v) is 12.8. The van der Waals surface area contributed by atoms with Gasteiger partial charge < -0.3 is 23.4 Å². The van der Waals surface area contributed by atoms with Gasteiger partial charge in [-0.05, 0) is 73.7 Å². The number of rotatable bonds is 10. The summed E-state index contributed by atoms with van der Waals surface area (Å²) in [7, 11) is 1.03. The zero-order valence-electron chi connectivity index (χ0n) is 18.7. The van der Waals surface area contributed by atoms with Gasteiger partial charge in [0.1, 0.15) is 5.75 Å². The Morgan fingerprint density at radius 2 is 1.17 bits per heavy atom. The van der Waals surface area contributed by atoms with E-state index in [0.29, 0.717) is 0 Å². The molecule has 0 aromatic heterocycles. The molecule has 0 aliphatic carbocycles. The summed E-state index contributed by atoms with van der Waals surface area (Å²) >= 11 is 0. The summed E-state index contributed by atoms with van der Waals surface area (Å²) in [5, 5.41) is 9.59. The van der Waals surface area contributed by atoms with Crippen LogP contribution in [0.2, 0.25) is 26.2 Å². The molecule has 0 heterocycles. The smallest absolute Gasteiger partial charge is 0.177 e. The van der Waals surface area contributed by atoms with Crippen molar-refractivity contribution in [2.75, 3.05) is 21.3 Å². The summed E-state index contributed by atoms with van der Waals surface area (Å²) in [6.45, 7) is 9.04. The number of hydrogen-bond donors (Lipinski definition) is 1. The Morgan fingerprint density at radius 3 is 1.66 bits per heavy atom. The maximum Gasteiger partial charge on any atom is 0.177 e. The summed E-state index contributed by atoms with van der Waals surface area (Å²) in [5.41, 5.74) is 3.20. The van der Waals surface area contributed by atoms with Crippen LogP contribution in [0.1, 0.15) is 16.7 Å². The van der Waals surface area contributed by atoms with Crippen molar-refractivity contribution in [3.63, 3.8) is 0 Å². The molecule has 0 unspecified atom stereocenters. The van der Waals surface area contributed by atoms with Gasteiger partial charge in [-0.25, -0.2) is 0 Å². The molecule has 0 radical (unpaired) electrons. The Morgan fingerprint density at radius 1 is 0.690 bits per heavy atom. The molecule has 29 heavy (non-hydrogen) atoms. The summed E-state index contributed by atoms with van der Waals surface area (Å²) < 4.78 is 22.9. The normalized spacial score (nSPS) is 12.0. The maximum absolute atomic E-state index is 9.59. The molecule has 0 saturated heterocycles. The van der Waals surface area contributed by atoms with E-state index in [4.69, 9.17) is 18.3 Å². The van der Waals surface area contributed by atoms with Crippen molar-refractivity contribution in [1.82, 2.24) is 0 Å². The Bertz CT molecular complexity index is 753. The predicted octanol–water partition coefficient (Wildman–Crippen LogP) is 4.50. The molecule has 0 bridgehead atoms. The minimum atomic E-state index is -1.95. The molecule has 2 aromatic carbocycles. The van der Waals surface area contributed by atoms with E-state index in [0.717, 1.165) is 34.9 Å². The second kappa shape index (κ2) is 9.80. The molecule has 2 rings (SSSR count). The van der Waals surface area contributed by atoms with Crippen LogP contribution >= 0.6 is 0 Å². The largest absolute Gasteiger partial charge is 0.496 e. The third-order valence-corrected chi connectivity index (χ3v) is 11.7. The first-order valence-corrected chi connectivity index (χ1v) is 16.0. The molecule has 5 nitrogen and oxygen atoms in total. The number of ether oxygens (including phenoxy) is 3. The lowest BCUT2D eigenvalue weighted by Crippen LogP contribution is -2.47. The van der Waals surface area contributed by atoms with E-state index in [9.17, 15) is 5.11 Å². The first-order valence-electron chi connectivity index (χ1n) is 9.81. The average molecular weight is 435 g/mol. The van der Waals surface area contributed by atoms with Gasteiger partial charge in [0.2, 0.25) is 0 Å². The van der Waals surface area contributed by atoms with Gasteiger partial charge in [-0.2, -0.15) is 0 Å². The summed E-state index contributed by atoms with van der Waals surface area (Å²) in [6.07, 6.45) is 0. The van der Waals surface area contributed by atoms with Gasteiger partial charge in [0.15, 0.2) is 28.1 Å². The molecule has 0 aliphatic heterocycles. The topological polar surface area (TPSA) is 57.2 Å². The molecule has 0 atom stereocenters. The Labute approximate surface area is 176 Å². The van der Waals surface area contributed by atoms with Crippen molar-refractivity contribution in [2.24, 2.45) is 0 Å². The molecule has 7 heteroatoms. The maximum atomic E-state index is 9.59. The fourth-order valence-electron chi connectivity index (χ4n) is 3.86. The number of hydrogen-bond acceptors (Lipinski definition) is 5. The third kappa shape index (κ3) is 6.60. The van der Waals surface area contributed by atoms with Gasteiger partial charge in [0.25, 0.3) is 0 Å².